The molecule has 0 spiro atoms. The quantitative estimate of drug-likeness (QED) is 0.420. The van der Waals surface area contributed by atoms with E-state index < -0.39 is 24.3 Å². The van der Waals surface area contributed by atoms with E-state index in [-0.39, 0.29) is 12.2 Å². The lowest BCUT2D eigenvalue weighted by Gasteiger charge is -2.32. The molecule has 3 heterocycles. The SMILES string of the molecule is C=CCO[C@H]1CN(Cc2cccnc2OC)[C@@H]2CCCO[C@H]12.O=C(O)C(F)(F)F.O=C(O)C(F)(F)F. The normalized spacial score (nSPS) is 21.7. The minimum absolute atomic E-state index is 0.117. The van der Waals surface area contributed by atoms with E-state index in [2.05, 4.69) is 22.5 Å². The van der Waals surface area contributed by atoms with Crippen LogP contribution in [0.4, 0.5) is 26.3 Å². The number of carboxylic acid groups (broad SMARTS) is 2. The van der Waals surface area contributed by atoms with Gasteiger partial charge in [-0.05, 0) is 18.9 Å². The molecule has 9 nitrogen and oxygen atoms in total. The van der Waals surface area contributed by atoms with Crippen LogP contribution in [0.5, 0.6) is 5.88 Å². The number of likely N-dealkylation sites (tertiary alicyclic amines) is 1. The number of aromatic nitrogens is 1. The number of carboxylic acids is 2. The lowest BCUT2D eigenvalue weighted by atomic mass is 10.0. The number of ether oxygens (including phenoxy) is 3. The molecule has 15 heteroatoms. The van der Waals surface area contributed by atoms with Gasteiger partial charge in [0.1, 0.15) is 6.10 Å². The number of hydrogen-bond donors (Lipinski definition) is 2. The zero-order valence-electron chi connectivity index (χ0n) is 19.1. The van der Waals surface area contributed by atoms with E-state index in [9.17, 15) is 26.3 Å². The van der Waals surface area contributed by atoms with Crippen LogP contribution in [0, 0.1) is 0 Å². The number of carbonyl (C=O) groups is 2. The van der Waals surface area contributed by atoms with Crippen molar-refractivity contribution >= 4 is 11.9 Å². The maximum Gasteiger partial charge on any atom is 0.490 e. The van der Waals surface area contributed by atoms with E-state index in [0.717, 1.165) is 38.1 Å². The first-order valence-electron chi connectivity index (χ1n) is 10.4. The highest BCUT2D eigenvalue weighted by Gasteiger charge is 2.44. The molecular weight excluding hydrogens is 506 g/mol. The number of pyridine rings is 1. The van der Waals surface area contributed by atoms with E-state index in [1.807, 2.05) is 6.07 Å². The van der Waals surface area contributed by atoms with E-state index >= 15 is 0 Å². The molecule has 0 radical (unpaired) electrons. The highest BCUT2D eigenvalue weighted by molar-refractivity contribution is 5.73. The highest BCUT2D eigenvalue weighted by atomic mass is 19.4. The monoisotopic (exact) mass is 532 g/mol. The minimum atomic E-state index is -5.08. The average molecular weight is 532 g/mol. The Balaban J connectivity index is 0.000000383. The number of fused-ring (bicyclic) bond motifs is 1. The fourth-order valence-corrected chi connectivity index (χ4v) is 3.47. The van der Waals surface area contributed by atoms with Gasteiger partial charge in [-0.1, -0.05) is 12.1 Å². The number of methoxy groups -OCH3 is 1. The van der Waals surface area contributed by atoms with Crippen molar-refractivity contribution in [3.05, 3.63) is 36.5 Å². The third-order valence-corrected chi connectivity index (χ3v) is 4.91. The number of halogens is 6. The average Bonchev–Trinajstić information content (AvgIpc) is 3.15. The van der Waals surface area contributed by atoms with Gasteiger partial charge in [0.2, 0.25) is 5.88 Å². The van der Waals surface area contributed by atoms with Crippen LogP contribution < -0.4 is 4.74 Å². The third kappa shape index (κ3) is 9.99. The lowest BCUT2D eigenvalue weighted by molar-refractivity contribution is -0.193. The van der Waals surface area contributed by atoms with Gasteiger partial charge in [-0.3, -0.25) is 4.90 Å². The Kier molecular flexibility index (Phi) is 12.1. The van der Waals surface area contributed by atoms with Gasteiger partial charge in [0.25, 0.3) is 0 Å². The van der Waals surface area contributed by atoms with Crippen LogP contribution in [0.1, 0.15) is 18.4 Å². The Bertz CT molecular complexity index is 842. The minimum Gasteiger partial charge on any atom is -0.481 e. The van der Waals surface area contributed by atoms with Gasteiger partial charge in [0, 0.05) is 37.5 Å². The molecule has 0 saturated carbocycles. The van der Waals surface area contributed by atoms with E-state index in [1.165, 1.54) is 0 Å². The molecule has 0 aromatic carbocycles. The van der Waals surface area contributed by atoms with Gasteiger partial charge in [-0.2, -0.15) is 26.3 Å². The Morgan fingerprint density at radius 1 is 1.22 bits per heavy atom. The van der Waals surface area contributed by atoms with E-state index in [0.29, 0.717) is 18.5 Å². The summed E-state index contributed by atoms with van der Waals surface area (Å²) in [5.41, 5.74) is 1.11. The molecule has 36 heavy (non-hydrogen) atoms. The second-order valence-corrected chi connectivity index (χ2v) is 7.41. The smallest absolute Gasteiger partial charge is 0.481 e. The maximum atomic E-state index is 10.6. The Morgan fingerprint density at radius 3 is 2.31 bits per heavy atom. The van der Waals surface area contributed by atoms with Crippen molar-refractivity contribution in [3.8, 4) is 5.88 Å². The second kappa shape index (κ2) is 14.0. The van der Waals surface area contributed by atoms with Crippen LogP contribution in [-0.2, 0) is 25.6 Å². The van der Waals surface area contributed by atoms with Crippen molar-refractivity contribution < 1.29 is 60.4 Å². The van der Waals surface area contributed by atoms with Crippen molar-refractivity contribution in [2.75, 3.05) is 26.9 Å². The molecule has 2 N–H and O–H groups in total. The first-order valence-corrected chi connectivity index (χ1v) is 10.4. The molecule has 0 unspecified atom stereocenters. The zero-order chi connectivity index (χ0) is 27.5. The highest BCUT2D eigenvalue weighted by Crippen LogP contribution is 2.32. The molecule has 0 amide bonds. The molecule has 3 rings (SSSR count). The Labute approximate surface area is 202 Å². The summed E-state index contributed by atoms with van der Waals surface area (Å²) >= 11 is 0. The molecule has 2 fully saturated rings. The fourth-order valence-electron chi connectivity index (χ4n) is 3.47. The standard InChI is InChI=1S/C17H24N2O3.2C2HF3O2/c1-3-9-21-15-12-19(14-7-5-10-22-16(14)15)11-13-6-4-8-18-17(13)20-2;2*3-2(4,5)1(6)7/h3-4,6,8,14-16H,1,5,7,9-12H2,2H3;2*(H,6,7)/t14-,15+,16+;;/m1../s1. The number of hydrogen-bond acceptors (Lipinski definition) is 7. The van der Waals surface area contributed by atoms with E-state index in [4.69, 9.17) is 34.0 Å². The van der Waals surface area contributed by atoms with Gasteiger partial charge in [0.15, 0.2) is 0 Å². The summed E-state index contributed by atoms with van der Waals surface area (Å²) in [5.74, 6) is -4.81. The molecule has 1 aromatic heterocycles. The van der Waals surface area contributed by atoms with Gasteiger partial charge >= 0.3 is 24.3 Å². The molecule has 0 bridgehead atoms. The molecule has 2 aliphatic heterocycles. The van der Waals surface area contributed by atoms with Crippen LogP contribution in [0.2, 0.25) is 0 Å². The molecular formula is C21H26F6N2O7. The number of nitrogens with zero attached hydrogens (tertiary/aromatic N) is 2. The van der Waals surface area contributed by atoms with Crippen LogP contribution in [0.3, 0.4) is 0 Å². The number of alkyl halides is 6. The van der Waals surface area contributed by atoms with Crippen LogP contribution >= 0.6 is 0 Å². The van der Waals surface area contributed by atoms with Crippen molar-refractivity contribution in [3.63, 3.8) is 0 Å². The number of rotatable bonds is 6. The molecule has 3 atom stereocenters. The zero-order valence-corrected chi connectivity index (χ0v) is 19.1. The number of aliphatic carboxylic acids is 2. The van der Waals surface area contributed by atoms with Crippen molar-refractivity contribution in [2.24, 2.45) is 0 Å². The Hall–Kier alpha value is -2.91. The summed E-state index contributed by atoms with van der Waals surface area (Å²) in [5, 5.41) is 14.2. The first-order chi connectivity index (χ1) is 16.7. The van der Waals surface area contributed by atoms with Gasteiger partial charge in [0.05, 0.1) is 19.8 Å². The third-order valence-electron chi connectivity index (χ3n) is 4.91. The maximum absolute atomic E-state index is 10.6. The van der Waals surface area contributed by atoms with Gasteiger partial charge in [-0.25, -0.2) is 14.6 Å². The Morgan fingerprint density at radius 2 is 1.81 bits per heavy atom. The second-order valence-electron chi connectivity index (χ2n) is 7.41. The predicted molar refractivity (Wildman–Crippen MR) is 111 cm³/mol. The molecule has 2 aliphatic rings. The van der Waals surface area contributed by atoms with Gasteiger partial charge in [-0.15, -0.1) is 6.58 Å². The molecule has 204 valence electrons. The summed E-state index contributed by atoms with van der Waals surface area (Å²) in [4.78, 5) is 24.5. The predicted octanol–water partition coefficient (Wildman–Crippen LogP) is 3.29. The van der Waals surface area contributed by atoms with Crippen molar-refractivity contribution in [1.82, 2.24) is 9.88 Å². The first kappa shape index (κ1) is 31.1. The molecule has 2 saturated heterocycles. The van der Waals surface area contributed by atoms with Gasteiger partial charge < -0.3 is 24.4 Å². The summed E-state index contributed by atoms with van der Waals surface area (Å²) in [7, 11) is 1.67. The van der Waals surface area contributed by atoms with Crippen molar-refractivity contribution in [2.45, 2.75) is 50.0 Å². The van der Waals surface area contributed by atoms with Crippen LogP contribution in [0.25, 0.3) is 0 Å². The van der Waals surface area contributed by atoms with Crippen LogP contribution in [0.15, 0.2) is 31.0 Å². The van der Waals surface area contributed by atoms with Crippen molar-refractivity contribution in [1.29, 1.82) is 0 Å². The van der Waals surface area contributed by atoms with E-state index in [1.54, 1.807) is 19.4 Å². The summed E-state index contributed by atoms with van der Waals surface area (Å²) in [6.07, 6.45) is -4.07. The molecule has 1 aromatic rings. The van der Waals surface area contributed by atoms with Crippen LogP contribution in [-0.4, -0.2) is 89.5 Å². The summed E-state index contributed by atoms with van der Waals surface area (Å²) < 4.78 is 80.7. The summed E-state index contributed by atoms with van der Waals surface area (Å²) in [6, 6.07) is 4.44. The lowest BCUT2D eigenvalue weighted by Crippen LogP contribution is -2.41. The topological polar surface area (TPSA) is 118 Å². The molecule has 0 aliphatic carbocycles. The summed E-state index contributed by atoms with van der Waals surface area (Å²) in [6.45, 7) is 6.83. The fraction of sp³-hybridized carbons (Fsp3) is 0.571. The largest absolute Gasteiger partial charge is 0.490 e.